The lowest BCUT2D eigenvalue weighted by molar-refractivity contribution is -0.115. The van der Waals surface area contributed by atoms with Crippen molar-refractivity contribution in [1.29, 1.82) is 0 Å². The van der Waals surface area contributed by atoms with Gasteiger partial charge in [-0.25, -0.2) is 0 Å². The molecule has 0 bridgehead atoms. The molecule has 1 amide bonds. The number of amides is 1. The van der Waals surface area contributed by atoms with Gasteiger partial charge in [0.2, 0.25) is 5.91 Å². The van der Waals surface area contributed by atoms with E-state index in [-0.39, 0.29) is 18.1 Å². The molecule has 0 aromatic heterocycles. The Bertz CT molecular complexity index is 1200. The van der Waals surface area contributed by atoms with Crippen molar-refractivity contribution in [1.82, 2.24) is 0 Å². The molecule has 0 aliphatic carbocycles. The Hall–Kier alpha value is -4.18. The molecule has 152 valence electrons. The van der Waals surface area contributed by atoms with Crippen LogP contribution in [0.3, 0.4) is 0 Å². The first kappa shape index (κ1) is 20.1. The average molecular weight is 406 g/mol. The molecule has 0 fully saturated rings. The minimum Gasteiger partial charge on any atom is -0.399 e. The fourth-order valence-corrected chi connectivity index (χ4v) is 3.43. The number of rotatable bonds is 6. The van der Waals surface area contributed by atoms with E-state index in [1.807, 2.05) is 60.7 Å². The van der Waals surface area contributed by atoms with E-state index < -0.39 is 0 Å². The number of nitrogens with two attached hydrogens (primary N) is 1. The summed E-state index contributed by atoms with van der Waals surface area (Å²) in [6.07, 6.45) is 0.207. The predicted molar refractivity (Wildman–Crippen MR) is 125 cm³/mol. The zero-order valence-electron chi connectivity index (χ0n) is 16.9. The number of carbonyl (C=O) groups excluding carboxylic acids is 2. The molecule has 31 heavy (non-hydrogen) atoms. The van der Waals surface area contributed by atoms with E-state index in [1.165, 1.54) is 0 Å². The highest BCUT2D eigenvalue weighted by atomic mass is 16.1. The normalized spacial score (nSPS) is 10.5. The van der Waals surface area contributed by atoms with Crippen LogP contribution in [0.15, 0.2) is 103 Å². The molecule has 4 heteroatoms. The average Bonchev–Trinajstić information content (AvgIpc) is 2.81. The first-order valence-electron chi connectivity index (χ1n) is 10.0. The Morgan fingerprint density at radius 3 is 2.00 bits per heavy atom. The number of hydrogen-bond acceptors (Lipinski definition) is 3. The number of nitrogen functional groups attached to an aromatic ring is 1. The van der Waals surface area contributed by atoms with Gasteiger partial charge in [-0.1, -0.05) is 84.9 Å². The van der Waals surface area contributed by atoms with Crippen LogP contribution in [0.1, 0.15) is 21.5 Å². The monoisotopic (exact) mass is 406 g/mol. The third kappa shape index (κ3) is 4.87. The standard InChI is InChI=1S/C27H22N2O2/c28-23-15-16-25(24(18-23)27(31)22-9-5-2-6-10-22)29-26(30)17-19-11-13-21(14-12-19)20-7-3-1-4-8-20/h1-16,18H,17,28H2,(H,29,30). The fourth-order valence-electron chi connectivity index (χ4n) is 3.43. The SMILES string of the molecule is Nc1ccc(NC(=O)Cc2ccc(-c3ccccc3)cc2)c(C(=O)c2ccccc2)c1. The van der Waals surface area contributed by atoms with Gasteiger partial charge in [0, 0.05) is 16.8 Å². The minimum atomic E-state index is -0.195. The third-order valence-corrected chi connectivity index (χ3v) is 5.02. The van der Waals surface area contributed by atoms with E-state index in [2.05, 4.69) is 5.32 Å². The molecule has 0 saturated heterocycles. The van der Waals surface area contributed by atoms with Crippen LogP contribution >= 0.6 is 0 Å². The Morgan fingerprint density at radius 2 is 1.32 bits per heavy atom. The summed E-state index contributed by atoms with van der Waals surface area (Å²) in [6, 6.07) is 31.9. The quantitative estimate of drug-likeness (QED) is 0.335. The fraction of sp³-hybridized carbons (Fsp3) is 0.0370. The summed E-state index contributed by atoms with van der Waals surface area (Å²) in [5, 5.41) is 2.87. The molecule has 0 atom stereocenters. The maximum atomic E-state index is 12.9. The summed E-state index contributed by atoms with van der Waals surface area (Å²) < 4.78 is 0. The summed E-state index contributed by atoms with van der Waals surface area (Å²) in [5.74, 6) is -0.380. The second-order valence-corrected chi connectivity index (χ2v) is 7.29. The first-order valence-corrected chi connectivity index (χ1v) is 10.0. The van der Waals surface area contributed by atoms with Crippen molar-refractivity contribution in [2.75, 3.05) is 11.1 Å². The highest BCUT2D eigenvalue weighted by molar-refractivity contribution is 6.14. The minimum absolute atomic E-state index is 0.185. The van der Waals surface area contributed by atoms with Gasteiger partial charge >= 0.3 is 0 Å². The highest BCUT2D eigenvalue weighted by Crippen LogP contribution is 2.23. The van der Waals surface area contributed by atoms with Gasteiger partial charge in [-0.05, 0) is 34.9 Å². The van der Waals surface area contributed by atoms with E-state index in [0.717, 1.165) is 16.7 Å². The van der Waals surface area contributed by atoms with Crippen molar-refractivity contribution in [3.05, 3.63) is 120 Å². The van der Waals surface area contributed by atoms with Gasteiger partial charge in [0.05, 0.1) is 12.1 Å². The van der Waals surface area contributed by atoms with Crippen LogP contribution in [0.25, 0.3) is 11.1 Å². The molecular weight excluding hydrogens is 384 g/mol. The second-order valence-electron chi connectivity index (χ2n) is 7.29. The maximum absolute atomic E-state index is 12.9. The molecule has 0 saturated carbocycles. The topological polar surface area (TPSA) is 72.2 Å². The van der Waals surface area contributed by atoms with Gasteiger partial charge in [0.25, 0.3) is 0 Å². The van der Waals surface area contributed by atoms with Gasteiger partial charge in [-0.15, -0.1) is 0 Å². The Morgan fingerprint density at radius 1 is 0.710 bits per heavy atom. The summed E-state index contributed by atoms with van der Waals surface area (Å²) in [6.45, 7) is 0. The lowest BCUT2D eigenvalue weighted by atomic mass is 10.0. The van der Waals surface area contributed by atoms with Crippen LogP contribution in [-0.4, -0.2) is 11.7 Å². The van der Waals surface area contributed by atoms with Gasteiger partial charge in [0.1, 0.15) is 0 Å². The van der Waals surface area contributed by atoms with Crippen molar-refractivity contribution in [2.45, 2.75) is 6.42 Å². The van der Waals surface area contributed by atoms with Crippen LogP contribution in [0.2, 0.25) is 0 Å². The third-order valence-electron chi connectivity index (χ3n) is 5.02. The van der Waals surface area contributed by atoms with Crippen molar-refractivity contribution < 1.29 is 9.59 Å². The van der Waals surface area contributed by atoms with Crippen molar-refractivity contribution in [2.24, 2.45) is 0 Å². The number of anilines is 2. The van der Waals surface area contributed by atoms with E-state index >= 15 is 0 Å². The van der Waals surface area contributed by atoms with Gasteiger partial charge in [-0.2, -0.15) is 0 Å². The lowest BCUT2D eigenvalue weighted by Crippen LogP contribution is -2.17. The summed E-state index contributed by atoms with van der Waals surface area (Å²) in [7, 11) is 0. The van der Waals surface area contributed by atoms with Crippen LogP contribution in [0.4, 0.5) is 11.4 Å². The number of nitrogens with one attached hydrogen (secondary N) is 1. The second kappa shape index (κ2) is 9.09. The zero-order chi connectivity index (χ0) is 21.6. The molecule has 0 radical (unpaired) electrons. The molecule has 0 aliphatic heterocycles. The number of ketones is 1. The molecule has 4 aromatic rings. The zero-order valence-corrected chi connectivity index (χ0v) is 16.9. The van der Waals surface area contributed by atoms with Gasteiger partial charge in [-0.3, -0.25) is 9.59 Å². The maximum Gasteiger partial charge on any atom is 0.228 e. The van der Waals surface area contributed by atoms with E-state index in [4.69, 9.17) is 5.73 Å². The lowest BCUT2D eigenvalue weighted by Gasteiger charge is -2.12. The predicted octanol–water partition coefficient (Wildman–Crippen LogP) is 5.35. The molecule has 0 heterocycles. The number of carbonyl (C=O) groups is 2. The number of hydrogen-bond donors (Lipinski definition) is 2. The molecule has 3 N–H and O–H groups in total. The largest absolute Gasteiger partial charge is 0.399 e. The van der Waals surface area contributed by atoms with Gasteiger partial charge < -0.3 is 11.1 Å². The molecule has 0 spiro atoms. The first-order chi connectivity index (χ1) is 15.1. The van der Waals surface area contributed by atoms with Crippen LogP contribution in [0.5, 0.6) is 0 Å². The van der Waals surface area contributed by atoms with Crippen molar-refractivity contribution in [3.63, 3.8) is 0 Å². The molecular formula is C27H22N2O2. The summed E-state index contributed by atoms with van der Waals surface area (Å²) in [4.78, 5) is 25.6. The Labute approximate surface area is 181 Å². The highest BCUT2D eigenvalue weighted by Gasteiger charge is 2.16. The molecule has 0 aliphatic rings. The van der Waals surface area contributed by atoms with Crippen molar-refractivity contribution in [3.8, 4) is 11.1 Å². The summed E-state index contributed by atoms with van der Waals surface area (Å²) in [5.41, 5.74) is 10.8. The molecule has 4 nitrogen and oxygen atoms in total. The number of benzene rings is 4. The van der Waals surface area contributed by atoms with Crippen LogP contribution in [0, 0.1) is 0 Å². The van der Waals surface area contributed by atoms with E-state index in [9.17, 15) is 9.59 Å². The summed E-state index contributed by atoms with van der Waals surface area (Å²) >= 11 is 0. The van der Waals surface area contributed by atoms with Gasteiger partial charge in [0.15, 0.2) is 5.78 Å². The molecule has 4 rings (SSSR count). The molecule has 4 aromatic carbocycles. The van der Waals surface area contributed by atoms with E-state index in [1.54, 1.807) is 42.5 Å². The van der Waals surface area contributed by atoms with Crippen LogP contribution in [-0.2, 0) is 11.2 Å². The van der Waals surface area contributed by atoms with E-state index in [0.29, 0.717) is 22.5 Å². The Kier molecular flexibility index (Phi) is 5.90. The molecule has 0 unspecified atom stereocenters. The van der Waals surface area contributed by atoms with Crippen molar-refractivity contribution >= 4 is 23.1 Å². The Balaban J connectivity index is 1.49. The van der Waals surface area contributed by atoms with Crippen LogP contribution < -0.4 is 11.1 Å². The smallest absolute Gasteiger partial charge is 0.228 e.